The monoisotopic (exact) mass is 418 g/mol. The zero-order valence-electron chi connectivity index (χ0n) is 19.6. The fourth-order valence-electron chi connectivity index (χ4n) is 2.64. The van der Waals surface area contributed by atoms with Crippen LogP contribution in [0.3, 0.4) is 0 Å². The number of nitrogens with one attached hydrogen (secondary N) is 2. The molecule has 0 saturated carbocycles. The lowest BCUT2D eigenvalue weighted by Gasteiger charge is -2.23. The molecule has 2 heterocycles. The molecule has 0 bridgehead atoms. The molecule has 0 aliphatic rings. The summed E-state index contributed by atoms with van der Waals surface area (Å²) in [4.78, 5) is 11.3. The minimum atomic E-state index is 0.357. The molecule has 2 rings (SSSR count). The second kappa shape index (κ2) is 14.4. The summed E-state index contributed by atoms with van der Waals surface area (Å²) in [7, 11) is 1.88. The maximum absolute atomic E-state index is 5.71. The number of rotatable bonds is 12. The van der Waals surface area contributed by atoms with E-state index >= 15 is 0 Å². The van der Waals surface area contributed by atoms with Crippen LogP contribution in [0.15, 0.2) is 21.7 Å². The van der Waals surface area contributed by atoms with Gasteiger partial charge in [0.2, 0.25) is 5.88 Å². The van der Waals surface area contributed by atoms with Crippen molar-refractivity contribution in [3.8, 4) is 6.01 Å². The van der Waals surface area contributed by atoms with Crippen LogP contribution in [0.1, 0.15) is 57.6 Å². The average Bonchev–Trinajstić information content (AvgIpc) is 3.06. The van der Waals surface area contributed by atoms with Gasteiger partial charge in [0.05, 0.1) is 11.9 Å². The highest BCUT2D eigenvalue weighted by molar-refractivity contribution is 5.79. The Kier molecular flexibility index (Phi) is 12.2. The van der Waals surface area contributed by atoms with Gasteiger partial charge in [-0.05, 0) is 39.3 Å². The Bertz CT molecular complexity index is 735. The molecule has 0 atom stereocenters. The molecule has 168 valence electrons. The number of aryl methyl sites for hydroxylation is 2. The third-order valence-corrected chi connectivity index (χ3v) is 4.14. The van der Waals surface area contributed by atoms with E-state index in [1.807, 2.05) is 46.9 Å². The van der Waals surface area contributed by atoms with Gasteiger partial charge in [-0.3, -0.25) is 0 Å². The van der Waals surface area contributed by atoms with Gasteiger partial charge in [0.25, 0.3) is 0 Å². The number of hydrogen-bond donors (Lipinski definition) is 2. The van der Waals surface area contributed by atoms with Crippen LogP contribution < -0.4 is 20.4 Å². The Balaban J connectivity index is 0.00000218. The Morgan fingerprint density at radius 2 is 1.83 bits per heavy atom. The van der Waals surface area contributed by atoms with Crippen molar-refractivity contribution in [1.29, 1.82) is 0 Å². The Morgan fingerprint density at radius 3 is 2.40 bits per heavy atom. The van der Waals surface area contributed by atoms with Crippen LogP contribution in [0, 0.1) is 13.8 Å². The number of anilines is 2. The topological polar surface area (TPSA) is 87.8 Å². The van der Waals surface area contributed by atoms with E-state index in [0.717, 1.165) is 49.6 Å². The highest BCUT2D eigenvalue weighted by Gasteiger charge is 2.11. The van der Waals surface area contributed by atoms with E-state index in [0.29, 0.717) is 24.2 Å². The van der Waals surface area contributed by atoms with Gasteiger partial charge in [-0.2, -0.15) is 15.1 Å². The first kappa shape index (κ1) is 25.4. The van der Waals surface area contributed by atoms with Crippen molar-refractivity contribution in [2.75, 3.05) is 43.6 Å². The zero-order chi connectivity index (χ0) is 22.4. The highest BCUT2D eigenvalue weighted by atomic mass is 16.5. The summed E-state index contributed by atoms with van der Waals surface area (Å²) >= 11 is 0. The molecule has 30 heavy (non-hydrogen) atoms. The number of hydrazone groups is 1. The van der Waals surface area contributed by atoms with Crippen LogP contribution in [-0.4, -0.2) is 49.5 Å². The van der Waals surface area contributed by atoms with E-state index in [4.69, 9.17) is 9.15 Å². The number of nitrogens with zero attached hydrogens (tertiary/aromatic N) is 4. The second-order valence-corrected chi connectivity index (χ2v) is 6.59. The number of aromatic nitrogens is 2. The van der Waals surface area contributed by atoms with Gasteiger partial charge >= 0.3 is 6.01 Å². The van der Waals surface area contributed by atoms with E-state index in [-0.39, 0.29) is 0 Å². The lowest BCUT2D eigenvalue weighted by Crippen LogP contribution is -2.26. The summed E-state index contributed by atoms with van der Waals surface area (Å²) in [6.07, 6.45) is 3.74. The summed E-state index contributed by atoms with van der Waals surface area (Å²) in [6.45, 7) is 15.3. The third-order valence-electron chi connectivity index (χ3n) is 4.14. The van der Waals surface area contributed by atoms with Crippen molar-refractivity contribution < 1.29 is 9.15 Å². The normalized spacial score (nSPS) is 10.6. The second-order valence-electron chi connectivity index (χ2n) is 6.59. The number of ether oxygens (including phenoxy) is 1. The average molecular weight is 419 g/mol. The van der Waals surface area contributed by atoms with Gasteiger partial charge in [0, 0.05) is 31.8 Å². The fraction of sp³-hybridized carbons (Fsp3) is 0.591. The quantitative estimate of drug-likeness (QED) is 0.300. The maximum Gasteiger partial charge on any atom is 0.319 e. The molecule has 2 aromatic rings. The first-order valence-electron chi connectivity index (χ1n) is 10.8. The number of furan rings is 1. The maximum atomic E-state index is 5.71. The molecule has 2 N–H and O–H groups in total. The molecule has 8 nitrogen and oxygen atoms in total. The first-order chi connectivity index (χ1) is 14.6. The molecule has 0 aliphatic heterocycles. The van der Waals surface area contributed by atoms with Gasteiger partial charge in [0.15, 0.2) is 0 Å². The predicted octanol–water partition coefficient (Wildman–Crippen LogP) is 4.38. The molecule has 0 fully saturated rings. The molecular weight excluding hydrogens is 380 g/mol. The highest BCUT2D eigenvalue weighted by Crippen LogP contribution is 2.19. The van der Waals surface area contributed by atoms with Crippen molar-refractivity contribution in [3.63, 3.8) is 0 Å². The molecule has 0 aliphatic carbocycles. The molecule has 0 spiro atoms. The van der Waals surface area contributed by atoms with Crippen molar-refractivity contribution in [2.45, 2.75) is 54.4 Å². The Labute approximate surface area is 181 Å². The minimum Gasteiger partial charge on any atom is -0.462 e. The summed E-state index contributed by atoms with van der Waals surface area (Å²) < 4.78 is 11.3. The fourth-order valence-corrected chi connectivity index (χ4v) is 2.64. The first-order valence-corrected chi connectivity index (χ1v) is 10.8. The van der Waals surface area contributed by atoms with E-state index in [1.165, 1.54) is 0 Å². The largest absolute Gasteiger partial charge is 0.462 e. The van der Waals surface area contributed by atoms with Crippen LogP contribution in [0.25, 0.3) is 0 Å². The zero-order valence-corrected chi connectivity index (χ0v) is 19.6. The van der Waals surface area contributed by atoms with Crippen molar-refractivity contribution >= 4 is 17.9 Å². The van der Waals surface area contributed by atoms with E-state index in [1.54, 1.807) is 6.21 Å². The molecule has 0 radical (unpaired) electrons. The Hall–Kier alpha value is -2.61. The van der Waals surface area contributed by atoms with Crippen molar-refractivity contribution in [1.82, 2.24) is 15.3 Å². The summed E-state index contributed by atoms with van der Waals surface area (Å²) in [5.74, 6) is 2.32. The van der Waals surface area contributed by atoms with Crippen molar-refractivity contribution in [3.05, 3.63) is 29.2 Å². The van der Waals surface area contributed by atoms with Gasteiger partial charge in [-0.15, -0.1) is 0 Å². The predicted molar refractivity (Wildman–Crippen MR) is 125 cm³/mol. The lowest BCUT2D eigenvalue weighted by atomic mass is 10.3. The summed E-state index contributed by atoms with van der Waals surface area (Å²) in [5.41, 5.74) is 4.66. The standard InChI is InChI=1S/C20H32N6O2.C2H6/c1-6-9-26(10-7-2)18-13-17(23-20(24-18)27-11-8-21-5)14-22-25-19-12-15(3)16(4)28-19;1-2/h12-14,21,25H,6-11H2,1-5H3;1-2H3/b22-14+;. The minimum absolute atomic E-state index is 0.357. The van der Waals surface area contributed by atoms with Crippen LogP contribution in [-0.2, 0) is 0 Å². The smallest absolute Gasteiger partial charge is 0.319 e. The van der Waals surface area contributed by atoms with E-state index < -0.39 is 0 Å². The number of likely N-dealkylation sites (N-methyl/N-ethyl adjacent to an activating group) is 1. The van der Waals surface area contributed by atoms with Crippen LogP contribution in [0.5, 0.6) is 6.01 Å². The van der Waals surface area contributed by atoms with Gasteiger partial charge in [-0.25, -0.2) is 5.43 Å². The molecule has 0 unspecified atom stereocenters. The summed E-state index contributed by atoms with van der Waals surface area (Å²) in [6, 6.07) is 4.20. The lowest BCUT2D eigenvalue weighted by molar-refractivity contribution is 0.293. The Morgan fingerprint density at radius 1 is 1.13 bits per heavy atom. The van der Waals surface area contributed by atoms with E-state index in [2.05, 4.69) is 44.6 Å². The molecule has 8 heteroatoms. The molecule has 0 saturated heterocycles. The third kappa shape index (κ3) is 8.41. The van der Waals surface area contributed by atoms with Crippen LogP contribution >= 0.6 is 0 Å². The van der Waals surface area contributed by atoms with Gasteiger partial charge in [-0.1, -0.05) is 27.7 Å². The molecule has 0 aromatic carbocycles. The molecule has 2 aromatic heterocycles. The van der Waals surface area contributed by atoms with Crippen LogP contribution in [0.4, 0.5) is 11.7 Å². The molecular formula is C22H38N6O2. The van der Waals surface area contributed by atoms with Gasteiger partial charge in [0.1, 0.15) is 18.2 Å². The van der Waals surface area contributed by atoms with E-state index in [9.17, 15) is 0 Å². The summed E-state index contributed by atoms with van der Waals surface area (Å²) in [5, 5.41) is 7.30. The van der Waals surface area contributed by atoms with Crippen LogP contribution in [0.2, 0.25) is 0 Å². The molecule has 0 amide bonds. The SMILES string of the molecule is CC.CCCN(CCC)c1cc(/C=N/Nc2cc(C)c(C)o2)nc(OCCNC)n1. The number of hydrogen-bond acceptors (Lipinski definition) is 8. The van der Waals surface area contributed by atoms with Gasteiger partial charge < -0.3 is 19.4 Å². The van der Waals surface area contributed by atoms with Crippen molar-refractivity contribution in [2.24, 2.45) is 5.10 Å².